The number of halogens is 1. The van der Waals surface area contributed by atoms with Crippen molar-refractivity contribution in [3.63, 3.8) is 0 Å². The molecule has 1 unspecified atom stereocenters. The number of imide groups is 1. The highest BCUT2D eigenvalue weighted by Gasteiger charge is 2.36. The van der Waals surface area contributed by atoms with E-state index in [4.69, 9.17) is 4.74 Å². The first-order chi connectivity index (χ1) is 20.8. The smallest absolute Gasteiger partial charge is 0.251 e. The SMILES string of the molecule is COc1cccc(C(=O)NC2(CCO)CCN(CC3CCN(c4ccc(NC5CCC(=O)NC5=O)cc4F)CC3)CC2)c1. The Kier molecular flexibility index (Phi) is 9.82. The van der Waals surface area contributed by atoms with E-state index < -0.39 is 11.6 Å². The van der Waals surface area contributed by atoms with Crippen molar-refractivity contribution in [3.05, 3.63) is 53.8 Å². The molecular weight excluding hydrogens is 553 g/mol. The molecule has 10 nitrogen and oxygen atoms in total. The predicted octanol–water partition coefficient (Wildman–Crippen LogP) is 2.91. The van der Waals surface area contributed by atoms with Gasteiger partial charge in [-0.25, -0.2) is 4.39 Å². The first-order valence-electron chi connectivity index (χ1n) is 15.2. The fourth-order valence-electron chi connectivity index (χ4n) is 6.50. The molecule has 1 atom stereocenters. The molecule has 2 aromatic rings. The van der Waals surface area contributed by atoms with Crippen molar-refractivity contribution in [1.82, 2.24) is 15.5 Å². The van der Waals surface area contributed by atoms with Gasteiger partial charge in [-0.2, -0.15) is 0 Å². The summed E-state index contributed by atoms with van der Waals surface area (Å²) in [4.78, 5) is 41.0. The number of methoxy groups -OCH3 is 1. The number of likely N-dealkylation sites (tertiary alicyclic amines) is 1. The molecule has 3 amide bonds. The standard InChI is InChI=1S/C32H42FN5O5/c1-43-25-4-2-3-23(19-25)30(41)36-32(13-18-39)11-16-37(17-12-32)21-22-9-14-38(15-10-22)28-7-5-24(20-26(28)33)34-27-6-8-29(40)35-31(27)42/h2-5,7,19-20,22,27,34,39H,6,8-18,21H2,1H3,(H,36,41)(H,35,40,42). The molecular formula is C32H42FN5O5. The second-order valence-electron chi connectivity index (χ2n) is 12.0. The Morgan fingerprint density at radius 2 is 1.86 bits per heavy atom. The second kappa shape index (κ2) is 13.7. The Morgan fingerprint density at radius 3 is 2.53 bits per heavy atom. The monoisotopic (exact) mass is 595 g/mol. The van der Waals surface area contributed by atoms with Crippen LogP contribution in [-0.4, -0.2) is 85.7 Å². The van der Waals surface area contributed by atoms with Gasteiger partial charge in [0.2, 0.25) is 11.8 Å². The van der Waals surface area contributed by atoms with Gasteiger partial charge in [-0.3, -0.25) is 19.7 Å². The number of carbonyl (C=O) groups excluding carboxylic acids is 3. The Hall–Kier alpha value is -3.70. The highest BCUT2D eigenvalue weighted by molar-refractivity contribution is 6.01. The molecule has 0 aliphatic carbocycles. The molecule has 0 radical (unpaired) electrons. The fourth-order valence-corrected chi connectivity index (χ4v) is 6.50. The van der Waals surface area contributed by atoms with Gasteiger partial charge < -0.3 is 30.3 Å². The maximum absolute atomic E-state index is 15.1. The molecule has 3 saturated heterocycles. The number of piperidine rings is 3. The Labute approximate surface area is 251 Å². The molecule has 2 aromatic carbocycles. The van der Waals surface area contributed by atoms with Crippen molar-refractivity contribution >= 4 is 29.1 Å². The van der Waals surface area contributed by atoms with Crippen LogP contribution in [0.5, 0.6) is 5.75 Å². The second-order valence-corrected chi connectivity index (χ2v) is 12.0. The van der Waals surface area contributed by atoms with Crippen LogP contribution in [0.25, 0.3) is 0 Å². The van der Waals surface area contributed by atoms with Crippen LogP contribution in [0.1, 0.15) is 55.3 Å². The van der Waals surface area contributed by atoms with Crippen LogP contribution in [0, 0.1) is 11.7 Å². The molecule has 11 heteroatoms. The van der Waals surface area contributed by atoms with Gasteiger partial charge in [-0.15, -0.1) is 0 Å². The van der Waals surface area contributed by atoms with Crippen molar-refractivity contribution in [2.75, 3.05) is 56.7 Å². The van der Waals surface area contributed by atoms with Gasteiger partial charge in [-0.1, -0.05) is 6.07 Å². The number of rotatable bonds is 10. The molecule has 43 heavy (non-hydrogen) atoms. The molecule has 4 N–H and O–H groups in total. The van der Waals surface area contributed by atoms with Gasteiger partial charge in [0.05, 0.1) is 12.8 Å². The number of aliphatic hydroxyl groups is 1. The molecule has 0 aromatic heterocycles. The van der Waals surface area contributed by atoms with Crippen LogP contribution >= 0.6 is 0 Å². The van der Waals surface area contributed by atoms with Gasteiger partial charge in [0.25, 0.3) is 5.91 Å². The summed E-state index contributed by atoms with van der Waals surface area (Å²) in [5.41, 5.74) is 1.19. The minimum Gasteiger partial charge on any atom is -0.497 e. The third kappa shape index (κ3) is 7.64. The molecule has 3 aliphatic heterocycles. The predicted molar refractivity (Wildman–Crippen MR) is 162 cm³/mol. The summed E-state index contributed by atoms with van der Waals surface area (Å²) in [7, 11) is 1.57. The lowest BCUT2D eigenvalue weighted by Crippen LogP contribution is -2.56. The summed E-state index contributed by atoms with van der Waals surface area (Å²) in [6.45, 7) is 4.19. The summed E-state index contributed by atoms with van der Waals surface area (Å²) in [6, 6.07) is 11.5. The molecule has 3 aliphatic rings. The van der Waals surface area contributed by atoms with Gasteiger partial charge in [0.1, 0.15) is 17.6 Å². The van der Waals surface area contributed by atoms with E-state index in [1.807, 2.05) is 0 Å². The normalized spacial score (nSPS) is 21.3. The number of ether oxygens (including phenoxy) is 1. The summed E-state index contributed by atoms with van der Waals surface area (Å²) in [5, 5.41) is 18.4. The lowest BCUT2D eigenvalue weighted by atomic mass is 9.83. The van der Waals surface area contributed by atoms with E-state index in [1.54, 1.807) is 43.5 Å². The molecule has 0 spiro atoms. The van der Waals surface area contributed by atoms with Crippen molar-refractivity contribution in [3.8, 4) is 5.75 Å². The van der Waals surface area contributed by atoms with Gasteiger partial charge in [0, 0.05) is 62.5 Å². The van der Waals surface area contributed by atoms with Gasteiger partial charge in [-0.05, 0) is 80.8 Å². The fraction of sp³-hybridized carbons (Fsp3) is 0.531. The summed E-state index contributed by atoms with van der Waals surface area (Å²) in [5.74, 6) is -0.00963. The molecule has 0 saturated carbocycles. The van der Waals surface area contributed by atoms with E-state index in [0.717, 1.165) is 58.4 Å². The summed E-state index contributed by atoms with van der Waals surface area (Å²) < 4.78 is 20.3. The van der Waals surface area contributed by atoms with Crippen LogP contribution in [0.3, 0.4) is 0 Å². The maximum atomic E-state index is 15.1. The molecule has 5 rings (SSSR count). The minimum absolute atomic E-state index is 0.0153. The number of carbonyl (C=O) groups is 3. The van der Waals surface area contributed by atoms with E-state index in [1.165, 1.54) is 6.07 Å². The number of hydrogen-bond acceptors (Lipinski definition) is 8. The number of amides is 3. The van der Waals surface area contributed by atoms with Crippen LogP contribution in [-0.2, 0) is 9.59 Å². The summed E-state index contributed by atoms with van der Waals surface area (Å²) in [6.07, 6.45) is 4.63. The first-order valence-corrected chi connectivity index (χ1v) is 15.2. The third-order valence-electron chi connectivity index (χ3n) is 9.11. The number of nitrogens with one attached hydrogen (secondary N) is 3. The average Bonchev–Trinajstić information content (AvgIpc) is 3.00. The van der Waals surface area contributed by atoms with E-state index >= 15 is 4.39 Å². The third-order valence-corrected chi connectivity index (χ3v) is 9.11. The lowest BCUT2D eigenvalue weighted by Gasteiger charge is -2.44. The number of benzene rings is 2. The van der Waals surface area contributed by atoms with Crippen molar-refractivity contribution in [1.29, 1.82) is 0 Å². The van der Waals surface area contributed by atoms with E-state index in [-0.39, 0.29) is 36.6 Å². The van der Waals surface area contributed by atoms with Crippen LogP contribution in [0.2, 0.25) is 0 Å². The van der Waals surface area contributed by atoms with Crippen molar-refractivity contribution in [2.45, 2.75) is 56.5 Å². The zero-order chi connectivity index (χ0) is 30.4. The zero-order valence-electron chi connectivity index (χ0n) is 24.7. The zero-order valence-corrected chi connectivity index (χ0v) is 24.7. The van der Waals surface area contributed by atoms with Crippen molar-refractivity contribution in [2.24, 2.45) is 5.92 Å². The Morgan fingerprint density at radius 1 is 1.09 bits per heavy atom. The lowest BCUT2D eigenvalue weighted by molar-refractivity contribution is -0.133. The van der Waals surface area contributed by atoms with Crippen LogP contribution in [0.4, 0.5) is 15.8 Å². The maximum Gasteiger partial charge on any atom is 0.251 e. The molecule has 0 bridgehead atoms. The van der Waals surface area contributed by atoms with Crippen LogP contribution < -0.4 is 25.6 Å². The Bertz CT molecular complexity index is 1310. The molecule has 3 fully saturated rings. The number of hydrogen-bond donors (Lipinski definition) is 4. The topological polar surface area (TPSA) is 123 Å². The first kappa shape index (κ1) is 30.7. The number of aliphatic hydroxyl groups excluding tert-OH is 1. The van der Waals surface area contributed by atoms with Gasteiger partial charge in [0.15, 0.2) is 0 Å². The quantitative estimate of drug-likeness (QED) is 0.310. The van der Waals surface area contributed by atoms with E-state index in [2.05, 4.69) is 25.8 Å². The van der Waals surface area contributed by atoms with Crippen molar-refractivity contribution < 1.29 is 28.6 Å². The average molecular weight is 596 g/mol. The van der Waals surface area contributed by atoms with E-state index in [0.29, 0.717) is 41.4 Å². The molecule has 232 valence electrons. The minimum atomic E-state index is -0.550. The Balaban J connectivity index is 1.09. The highest BCUT2D eigenvalue weighted by Crippen LogP contribution is 2.31. The highest BCUT2D eigenvalue weighted by atomic mass is 19.1. The van der Waals surface area contributed by atoms with E-state index in [9.17, 15) is 19.5 Å². The van der Waals surface area contributed by atoms with Crippen LogP contribution in [0.15, 0.2) is 42.5 Å². The molecule has 3 heterocycles. The number of anilines is 2. The van der Waals surface area contributed by atoms with Gasteiger partial charge >= 0.3 is 0 Å². The number of nitrogens with zero attached hydrogens (tertiary/aromatic N) is 2. The largest absolute Gasteiger partial charge is 0.497 e. The summed E-state index contributed by atoms with van der Waals surface area (Å²) >= 11 is 0.